The molecule has 0 aliphatic carbocycles. The van der Waals surface area contributed by atoms with E-state index in [1.54, 1.807) is 24.4 Å². The number of benzene rings is 1. The van der Waals surface area contributed by atoms with Crippen molar-refractivity contribution in [2.75, 3.05) is 5.32 Å². The number of phenolic OH excluding ortho intramolecular Hbond substituents is 1. The van der Waals surface area contributed by atoms with Crippen LogP contribution < -0.4 is 5.32 Å². The number of anilines is 1. The molecular formula is C13H11BrN2O2. The molecule has 2 rings (SSSR count). The van der Waals surface area contributed by atoms with Gasteiger partial charge in [-0.05, 0) is 58.7 Å². The van der Waals surface area contributed by atoms with E-state index in [0.29, 0.717) is 11.4 Å². The van der Waals surface area contributed by atoms with E-state index < -0.39 is 0 Å². The minimum Gasteiger partial charge on any atom is -0.508 e. The fourth-order valence-electron chi connectivity index (χ4n) is 1.41. The van der Waals surface area contributed by atoms with Gasteiger partial charge in [-0.3, -0.25) is 4.79 Å². The third-order valence-corrected chi connectivity index (χ3v) is 3.25. The standard InChI is InChI=1S/C13H11BrN2O2/c1-8-6-12(15-7-11(8)14)16-13(18)9-2-4-10(17)5-3-9/h2-7,17H,1H3,(H,15,16,18). The van der Waals surface area contributed by atoms with Gasteiger partial charge in [-0.2, -0.15) is 0 Å². The molecule has 0 atom stereocenters. The van der Waals surface area contributed by atoms with E-state index in [0.717, 1.165) is 10.0 Å². The number of nitrogens with zero attached hydrogens (tertiary/aromatic N) is 1. The normalized spacial score (nSPS) is 10.1. The lowest BCUT2D eigenvalue weighted by Gasteiger charge is -2.06. The highest BCUT2D eigenvalue weighted by molar-refractivity contribution is 9.10. The number of pyridine rings is 1. The Hall–Kier alpha value is -1.88. The summed E-state index contributed by atoms with van der Waals surface area (Å²) < 4.78 is 0.894. The van der Waals surface area contributed by atoms with Crippen LogP contribution in [0.2, 0.25) is 0 Å². The van der Waals surface area contributed by atoms with Crippen LogP contribution in [0.4, 0.5) is 5.82 Å². The van der Waals surface area contributed by atoms with Gasteiger partial charge >= 0.3 is 0 Å². The molecule has 0 aliphatic heterocycles. The van der Waals surface area contributed by atoms with E-state index in [4.69, 9.17) is 5.11 Å². The molecule has 0 radical (unpaired) electrons. The number of aryl methyl sites for hydroxylation is 1. The third kappa shape index (κ3) is 2.87. The summed E-state index contributed by atoms with van der Waals surface area (Å²) in [6.45, 7) is 1.92. The Morgan fingerprint density at radius 2 is 2.00 bits per heavy atom. The highest BCUT2D eigenvalue weighted by atomic mass is 79.9. The van der Waals surface area contributed by atoms with Gasteiger partial charge in [0.2, 0.25) is 0 Å². The molecule has 0 bridgehead atoms. The number of rotatable bonds is 2. The molecule has 2 aromatic rings. The molecule has 2 N–H and O–H groups in total. The van der Waals surface area contributed by atoms with Crippen molar-refractivity contribution in [2.24, 2.45) is 0 Å². The molecule has 0 saturated carbocycles. The van der Waals surface area contributed by atoms with Gasteiger partial charge in [0.05, 0.1) is 0 Å². The van der Waals surface area contributed by atoms with Crippen LogP contribution in [0.3, 0.4) is 0 Å². The maximum atomic E-state index is 11.9. The summed E-state index contributed by atoms with van der Waals surface area (Å²) in [5, 5.41) is 11.8. The van der Waals surface area contributed by atoms with Crippen molar-refractivity contribution in [3.63, 3.8) is 0 Å². The smallest absolute Gasteiger partial charge is 0.256 e. The van der Waals surface area contributed by atoms with E-state index in [1.165, 1.54) is 12.1 Å². The Bertz CT molecular complexity index is 582. The van der Waals surface area contributed by atoms with Crippen LogP contribution in [0.25, 0.3) is 0 Å². The van der Waals surface area contributed by atoms with Crippen LogP contribution >= 0.6 is 15.9 Å². The Labute approximate surface area is 113 Å². The summed E-state index contributed by atoms with van der Waals surface area (Å²) in [5.41, 5.74) is 1.46. The second-order valence-corrected chi connectivity index (χ2v) is 4.67. The SMILES string of the molecule is Cc1cc(NC(=O)c2ccc(O)cc2)ncc1Br. The molecule has 18 heavy (non-hydrogen) atoms. The Balaban J connectivity index is 2.16. The minimum atomic E-state index is -0.260. The zero-order valence-electron chi connectivity index (χ0n) is 9.64. The predicted molar refractivity (Wildman–Crippen MR) is 72.7 cm³/mol. The number of phenols is 1. The average molecular weight is 307 g/mol. The first-order valence-corrected chi connectivity index (χ1v) is 6.08. The summed E-state index contributed by atoms with van der Waals surface area (Å²) >= 11 is 3.35. The van der Waals surface area contributed by atoms with Crippen molar-refractivity contribution in [1.82, 2.24) is 4.98 Å². The Morgan fingerprint density at radius 1 is 1.33 bits per heavy atom. The van der Waals surface area contributed by atoms with Gasteiger partial charge in [0.1, 0.15) is 11.6 Å². The van der Waals surface area contributed by atoms with E-state index in [9.17, 15) is 4.79 Å². The highest BCUT2D eigenvalue weighted by Crippen LogP contribution is 2.18. The van der Waals surface area contributed by atoms with Crippen molar-refractivity contribution >= 4 is 27.7 Å². The van der Waals surface area contributed by atoms with Crippen LogP contribution in [-0.2, 0) is 0 Å². The topological polar surface area (TPSA) is 62.2 Å². The van der Waals surface area contributed by atoms with Crippen molar-refractivity contribution < 1.29 is 9.90 Å². The second kappa shape index (κ2) is 5.18. The molecule has 1 aromatic carbocycles. The number of carbonyl (C=O) groups is 1. The van der Waals surface area contributed by atoms with E-state index >= 15 is 0 Å². The van der Waals surface area contributed by atoms with Gasteiger partial charge in [-0.15, -0.1) is 0 Å². The fraction of sp³-hybridized carbons (Fsp3) is 0.0769. The van der Waals surface area contributed by atoms with Gasteiger partial charge < -0.3 is 10.4 Å². The quantitative estimate of drug-likeness (QED) is 0.896. The number of carbonyl (C=O) groups excluding carboxylic acids is 1. The molecule has 4 nitrogen and oxygen atoms in total. The zero-order chi connectivity index (χ0) is 13.1. The van der Waals surface area contributed by atoms with Crippen LogP contribution in [-0.4, -0.2) is 16.0 Å². The first kappa shape index (κ1) is 12.6. The average Bonchev–Trinajstić information content (AvgIpc) is 2.34. The van der Waals surface area contributed by atoms with Gasteiger partial charge in [0, 0.05) is 16.2 Å². The molecule has 0 unspecified atom stereocenters. The maximum absolute atomic E-state index is 11.9. The molecule has 0 saturated heterocycles. The Morgan fingerprint density at radius 3 is 2.61 bits per heavy atom. The van der Waals surface area contributed by atoms with Crippen LogP contribution in [0.5, 0.6) is 5.75 Å². The van der Waals surface area contributed by atoms with E-state index in [-0.39, 0.29) is 11.7 Å². The number of halogens is 1. The lowest BCUT2D eigenvalue weighted by Crippen LogP contribution is -2.12. The lowest BCUT2D eigenvalue weighted by molar-refractivity contribution is 0.102. The minimum absolute atomic E-state index is 0.129. The molecule has 0 aliphatic rings. The third-order valence-electron chi connectivity index (χ3n) is 2.42. The maximum Gasteiger partial charge on any atom is 0.256 e. The second-order valence-electron chi connectivity index (χ2n) is 3.82. The predicted octanol–water partition coefficient (Wildman–Crippen LogP) is 3.11. The summed E-state index contributed by atoms with van der Waals surface area (Å²) in [5.74, 6) is 0.363. The van der Waals surface area contributed by atoms with Gasteiger partial charge in [-0.1, -0.05) is 0 Å². The molecule has 0 fully saturated rings. The highest BCUT2D eigenvalue weighted by Gasteiger charge is 2.07. The van der Waals surface area contributed by atoms with Gasteiger partial charge in [0.25, 0.3) is 5.91 Å². The van der Waals surface area contributed by atoms with Gasteiger partial charge in [-0.25, -0.2) is 4.98 Å². The fourth-order valence-corrected chi connectivity index (χ4v) is 1.63. The molecule has 92 valence electrons. The van der Waals surface area contributed by atoms with Crippen molar-refractivity contribution in [3.8, 4) is 5.75 Å². The van der Waals surface area contributed by atoms with Crippen molar-refractivity contribution in [3.05, 3.63) is 52.1 Å². The van der Waals surface area contributed by atoms with Crippen LogP contribution in [0.15, 0.2) is 41.0 Å². The number of aromatic nitrogens is 1. The monoisotopic (exact) mass is 306 g/mol. The largest absolute Gasteiger partial charge is 0.508 e. The number of amides is 1. The van der Waals surface area contributed by atoms with Crippen LogP contribution in [0, 0.1) is 6.92 Å². The zero-order valence-corrected chi connectivity index (χ0v) is 11.2. The lowest BCUT2D eigenvalue weighted by atomic mass is 10.2. The molecule has 5 heteroatoms. The number of hydrogen-bond donors (Lipinski definition) is 2. The Kier molecular flexibility index (Phi) is 3.62. The van der Waals surface area contributed by atoms with E-state index in [1.807, 2.05) is 6.92 Å². The number of aromatic hydroxyl groups is 1. The molecule has 0 spiro atoms. The molecular weight excluding hydrogens is 296 g/mol. The summed E-state index contributed by atoms with van der Waals surface area (Å²) in [6, 6.07) is 7.82. The summed E-state index contributed by atoms with van der Waals surface area (Å²) in [6.07, 6.45) is 1.64. The number of hydrogen-bond acceptors (Lipinski definition) is 3. The van der Waals surface area contributed by atoms with Crippen molar-refractivity contribution in [2.45, 2.75) is 6.92 Å². The first-order chi connectivity index (χ1) is 8.56. The molecule has 1 heterocycles. The van der Waals surface area contributed by atoms with E-state index in [2.05, 4.69) is 26.2 Å². The van der Waals surface area contributed by atoms with Gasteiger partial charge in [0.15, 0.2) is 0 Å². The van der Waals surface area contributed by atoms with Crippen LogP contribution in [0.1, 0.15) is 15.9 Å². The molecule has 1 aromatic heterocycles. The molecule has 1 amide bonds. The summed E-state index contributed by atoms with van der Waals surface area (Å²) in [4.78, 5) is 16.0. The first-order valence-electron chi connectivity index (χ1n) is 5.29. The summed E-state index contributed by atoms with van der Waals surface area (Å²) in [7, 11) is 0. The number of nitrogens with one attached hydrogen (secondary N) is 1. The van der Waals surface area contributed by atoms with Crippen molar-refractivity contribution in [1.29, 1.82) is 0 Å².